The van der Waals surface area contributed by atoms with E-state index in [9.17, 15) is 4.79 Å². The molecule has 7 heteroatoms. The molecule has 0 bridgehead atoms. The normalized spacial score (nSPS) is 15.1. The number of nitrogens with zero attached hydrogens (tertiary/aromatic N) is 4. The number of benzene rings is 2. The third-order valence-corrected chi connectivity index (χ3v) is 6.23. The van der Waals surface area contributed by atoms with E-state index in [0.29, 0.717) is 30.2 Å². The fraction of sp³-hybridized carbons (Fsp3) is 0.346. The minimum Gasteiger partial charge on any atom is -0.454 e. The van der Waals surface area contributed by atoms with Gasteiger partial charge in [-0.15, -0.1) is 0 Å². The zero-order chi connectivity index (χ0) is 22.8. The van der Waals surface area contributed by atoms with E-state index in [1.165, 1.54) is 11.1 Å². The standard InChI is InChI=1S/C26H28N4O3/c1-3-22-21(15-19-7-5-4-6-8-19)25(28-18(2)27-22)29-11-13-30(14-12-29)26(31)20-9-10-23-24(16-20)33-17-32-23/h4-10,16H,3,11-15,17H2,1-2H3. The van der Waals surface area contributed by atoms with Crippen LogP contribution >= 0.6 is 0 Å². The first-order chi connectivity index (χ1) is 16.1. The van der Waals surface area contributed by atoms with Crippen molar-refractivity contribution in [3.8, 4) is 11.5 Å². The first-order valence-electron chi connectivity index (χ1n) is 11.5. The number of carbonyl (C=O) groups is 1. The lowest BCUT2D eigenvalue weighted by Gasteiger charge is -2.36. The summed E-state index contributed by atoms with van der Waals surface area (Å²) in [7, 11) is 0. The molecule has 7 nitrogen and oxygen atoms in total. The van der Waals surface area contributed by atoms with Crippen molar-refractivity contribution in [2.45, 2.75) is 26.7 Å². The van der Waals surface area contributed by atoms with Crippen LogP contribution in [0.2, 0.25) is 0 Å². The van der Waals surface area contributed by atoms with Gasteiger partial charge in [0, 0.05) is 49.4 Å². The van der Waals surface area contributed by atoms with Gasteiger partial charge in [-0.2, -0.15) is 0 Å². The van der Waals surface area contributed by atoms with Gasteiger partial charge in [-0.3, -0.25) is 4.79 Å². The quantitative estimate of drug-likeness (QED) is 0.599. The molecule has 33 heavy (non-hydrogen) atoms. The molecule has 2 aliphatic heterocycles. The third kappa shape index (κ3) is 4.35. The molecule has 2 aliphatic rings. The van der Waals surface area contributed by atoms with Crippen LogP contribution in [0.15, 0.2) is 48.5 Å². The predicted molar refractivity (Wildman–Crippen MR) is 126 cm³/mol. The molecule has 1 saturated heterocycles. The van der Waals surface area contributed by atoms with Gasteiger partial charge in [-0.05, 0) is 37.1 Å². The summed E-state index contributed by atoms with van der Waals surface area (Å²) in [5, 5.41) is 0. The third-order valence-electron chi connectivity index (χ3n) is 6.23. The molecule has 5 rings (SSSR count). The van der Waals surface area contributed by atoms with Gasteiger partial charge in [0.25, 0.3) is 5.91 Å². The van der Waals surface area contributed by atoms with Crippen molar-refractivity contribution < 1.29 is 14.3 Å². The van der Waals surface area contributed by atoms with Crippen LogP contribution in [0.1, 0.15) is 39.9 Å². The van der Waals surface area contributed by atoms with Gasteiger partial charge in [0.15, 0.2) is 11.5 Å². The van der Waals surface area contributed by atoms with E-state index in [1.807, 2.05) is 24.0 Å². The summed E-state index contributed by atoms with van der Waals surface area (Å²) >= 11 is 0. The molecule has 170 valence electrons. The number of fused-ring (bicyclic) bond motifs is 1. The molecule has 0 radical (unpaired) electrons. The van der Waals surface area contributed by atoms with Crippen LogP contribution in [-0.4, -0.2) is 53.7 Å². The summed E-state index contributed by atoms with van der Waals surface area (Å²) in [4.78, 5) is 26.9. The Bertz CT molecular complexity index is 1160. The number of aryl methyl sites for hydroxylation is 2. The topological polar surface area (TPSA) is 67.8 Å². The van der Waals surface area contributed by atoms with E-state index < -0.39 is 0 Å². The number of rotatable bonds is 5. The molecule has 1 aromatic heterocycles. The van der Waals surface area contributed by atoms with E-state index in [2.05, 4.69) is 36.1 Å². The number of carbonyl (C=O) groups excluding carboxylic acids is 1. The summed E-state index contributed by atoms with van der Waals surface area (Å²) in [5.41, 5.74) is 4.16. The van der Waals surface area contributed by atoms with Crippen molar-refractivity contribution in [3.63, 3.8) is 0 Å². The molecule has 0 atom stereocenters. The molecule has 3 heterocycles. The smallest absolute Gasteiger partial charge is 0.254 e. The minimum atomic E-state index is 0.0191. The largest absolute Gasteiger partial charge is 0.454 e. The minimum absolute atomic E-state index is 0.0191. The van der Waals surface area contributed by atoms with Gasteiger partial charge in [0.1, 0.15) is 11.6 Å². The van der Waals surface area contributed by atoms with Crippen molar-refractivity contribution >= 4 is 11.7 Å². The zero-order valence-corrected chi connectivity index (χ0v) is 19.1. The number of piperazine rings is 1. The van der Waals surface area contributed by atoms with Gasteiger partial charge >= 0.3 is 0 Å². The van der Waals surface area contributed by atoms with Crippen molar-refractivity contribution in [1.82, 2.24) is 14.9 Å². The van der Waals surface area contributed by atoms with Gasteiger partial charge in [-0.1, -0.05) is 37.3 Å². The van der Waals surface area contributed by atoms with E-state index in [0.717, 1.165) is 43.3 Å². The molecule has 0 spiro atoms. The average molecular weight is 445 g/mol. The molecule has 0 unspecified atom stereocenters. The molecule has 0 N–H and O–H groups in total. The second-order valence-electron chi connectivity index (χ2n) is 8.38. The molecular weight excluding hydrogens is 416 g/mol. The van der Waals surface area contributed by atoms with Crippen molar-refractivity contribution in [2.75, 3.05) is 37.9 Å². The summed E-state index contributed by atoms with van der Waals surface area (Å²) in [6, 6.07) is 15.8. The summed E-state index contributed by atoms with van der Waals surface area (Å²) in [6.45, 7) is 7.05. The summed E-state index contributed by atoms with van der Waals surface area (Å²) in [6.07, 6.45) is 1.66. The Balaban J connectivity index is 1.34. The Morgan fingerprint density at radius 3 is 2.48 bits per heavy atom. The lowest BCUT2D eigenvalue weighted by molar-refractivity contribution is 0.0746. The van der Waals surface area contributed by atoms with Crippen molar-refractivity contribution in [3.05, 3.63) is 76.7 Å². The lowest BCUT2D eigenvalue weighted by atomic mass is 10.0. The fourth-order valence-electron chi connectivity index (χ4n) is 4.51. The zero-order valence-electron chi connectivity index (χ0n) is 19.1. The SMILES string of the molecule is CCc1nc(C)nc(N2CCN(C(=O)c3ccc4c(c3)OCO4)CC2)c1Cc1ccccc1. The Kier molecular flexibility index (Phi) is 5.86. The second kappa shape index (κ2) is 9.10. The molecule has 1 fully saturated rings. The van der Waals surface area contributed by atoms with Crippen LogP contribution in [0.25, 0.3) is 0 Å². The predicted octanol–water partition coefficient (Wildman–Crippen LogP) is 3.63. The van der Waals surface area contributed by atoms with E-state index in [4.69, 9.17) is 19.4 Å². The maximum Gasteiger partial charge on any atom is 0.254 e. The monoisotopic (exact) mass is 444 g/mol. The lowest BCUT2D eigenvalue weighted by Crippen LogP contribution is -2.49. The van der Waals surface area contributed by atoms with Crippen LogP contribution in [-0.2, 0) is 12.8 Å². The van der Waals surface area contributed by atoms with Crippen LogP contribution in [0.3, 0.4) is 0 Å². The number of anilines is 1. The highest BCUT2D eigenvalue weighted by Crippen LogP contribution is 2.33. The van der Waals surface area contributed by atoms with E-state index in [-0.39, 0.29) is 12.7 Å². The molecule has 1 amide bonds. The number of hydrogen-bond acceptors (Lipinski definition) is 6. The number of ether oxygens (including phenoxy) is 2. The highest BCUT2D eigenvalue weighted by molar-refractivity contribution is 5.95. The van der Waals surface area contributed by atoms with E-state index in [1.54, 1.807) is 12.1 Å². The number of hydrogen-bond donors (Lipinski definition) is 0. The average Bonchev–Trinajstić information content (AvgIpc) is 3.33. The fourth-order valence-corrected chi connectivity index (χ4v) is 4.51. The first-order valence-corrected chi connectivity index (χ1v) is 11.5. The second-order valence-corrected chi connectivity index (χ2v) is 8.38. The Morgan fingerprint density at radius 1 is 0.970 bits per heavy atom. The maximum absolute atomic E-state index is 13.1. The van der Waals surface area contributed by atoms with Crippen molar-refractivity contribution in [2.24, 2.45) is 0 Å². The van der Waals surface area contributed by atoms with Gasteiger partial charge < -0.3 is 19.3 Å². The molecular formula is C26H28N4O3. The summed E-state index contributed by atoms with van der Waals surface area (Å²) < 4.78 is 10.8. The Hall–Kier alpha value is -3.61. The Labute approximate surface area is 194 Å². The Morgan fingerprint density at radius 2 is 1.73 bits per heavy atom. The molecule has 0 saturated carbocycles. The van der Waals surface area contributed by atoms with Crippen LogP contribution in [0, 0.1) is 6.92 Å². The van der Waals surface area contributed by atoms with Crippen LogP contribution in [0.5, 0.6) is 11.5 Å². The first kappa shape index (κ1) is 21.2. The number of amides is 1. The van der Waals surface area contributed by atoms with Gasteiger partial charge in [0.05, 0.1) is 0 Å². The molecule has 2 aromatic carbocycles. The highest BCUT2D eigenvalue weighted by Gasteiger charge is 2.27. The van der Waals surface area contributed by atoms with Crippen LogP contribution in [0.4, 0.5) is 5.82 Å². The molecule has 3 aromatic rings. The number of aromatic nitrogens is 2. The summed E-state index contributed by atoms with van der Waals surface area (Å²) in [5.74, 6) is 3.13. The highest BCUT2D eigenvalue weighted by atomic mass is 16.7. The van der Waals surface area contributed by atoms with E-state index >= 15 is 0 Å². The van der Waals surface area contributed by atoms with Crippen molar-refractivity contribution in [1.29, 1.82) is 0 Å². The molecule has 0 aliphatic carbocycles. The maximum atomic E-state index is 13.1. The van der Waals surface area contributed by atoms with Crippen LogP contribution < -0.4 is 14.4 Å². The van der Waals surface area contributed by atoms with Gasteiger partial charge in [-0.25, -0.2) is 9.97 Å². The van der Waals surface area contributed by atoms with Gasteiger partial charge in [0.2, 0.25) is 6.79 Å².